The van der Waals surface area contributed by atoms with E-state index >= 15 is 0 Å². The first kappa shape index (κ1) is 29.1. The van der Waals surface area contributed by atoms with Gasteiger partial charge in [-0.15, -0.1) is 0 Å². The molecule has 0 fully saturated rings. The summed E-state index contributed by atoms with van der Waals surface area (Å²) >= 11 is 18.7. The van der Waals surface area contributed by atoms with E-state index in [0.717, 1.165) is 11.3 Å². The number of hydrogen-bond donors (Lipinski definition) is 0. The molecule has 3 aromatic rings. The van der Waals surface area contributed by atoms with Crippen LogP contribution in [0, 0.1) is 11.8 Å². The molecule has 8 heteroatoms. The van der Waals surface area contributed by atoms with Gasteiger partial charge in [-0.2, -0.15) is 0 Å². The monoisotopic (exact) mass is 561 g/mol. The van der Waals surface area contributed by atoms with E-state index < -0.39 is 0 Å². The van der Waals surface area contributed by atoms with Crippen molar-refractivity contribution in [3.63, 3.8) is 0 Å². The summed E-state index contributed by atoms with van der Waals surface area (Å²) in [7, 11) is 0. The van der Waals surface area contributed by atoms with Gasteiger partial charge in [-0.05, 0) is 53.8 Å². The lowest BCUT2D eigenvalue weighted by atomic mass is 10.1. The molecule has 5 nitrogen and oxygen atoms in total. The van der Waals surface area contributed by atoms with Crippen LogP contribution < -0.4 is 0 Å². The van der Waals surface area contributed by atoms with Gasteiger partial charge in [0.2, 0.25) is 5.91 Å². The van der Waals surface area contributed by atoms with E-state index in [9.17, 15) is 9.59 Å². The van der Waals surface area contributed by atoms with E-state index in [4.69, 9.17) is 34.8 Å². The van der Waals surface area contributed by atoms with Crippen molar-refractivity contribution >= 4 is 46.6 Å². The summed E-state index contributed by atoms with van der Waals surface area (Å²) in [5.74, 6) is 0.0405. The molecule has 0 aliphatic rings. The SMILES string of the molecule is CC(C)CN(Cc1cccn1Cc1ccccc1Cl)C(=O)CN(CC(C)C)C(=O)c1ccc(Cl)cc1Cl. The maximum Gasteiger partial charge on any atom is 0.255 e. The Hall–Kier alpha value is -2.47. The van der Waals surface area contributed by atoms with Gasteiger partial charge in [-0.25, -0.2) is 0 Å². The largest absolute Gasteiger partial charge is 0.345 e. The van der Waals surface area contributed by atoms with Crippen molar-refractivity contribution in [2.45, 2.75) is 40.8 Å². The average molecular weight is 563 g/mol. The van der Waals surface area contributed by atoms with Gasteiger partial charge in [0, 0.05) is 41.6 Å². The van der Waals surface area contributed by atoms with Crippen LogP contribution in [0.25, 0.3) is 0 Å². The number of benzene rings is 2. The number of hydrogen-bond acceptors (Lipinski definition) is 2. The van der Waals surface area contributed by atoms with Crippen LogP contribution in [0.4, 0.5) is 0 Å². The maximum atomic E-state index is 13.6. The van der Waals surface area contributed by atoms with Gasteiger partial charge in [0.25, 0.3) is 5.91 Å². The maximum absolute atomic E-state index is 13.6. The second kappa shape index (κ2) is 13.4. The van der Waals surface area contributed by atoms with Gasteiger partial charge in [0.1, 0.15) is 6.54 Å². The molecular formula is C29H34Cl3N3O2. The van der Waals surface area contributed by atoms with E-state index in [2.05, 4.69) is 18.4 Å². The van der Waals surface area contributed by atoms with Crippen LogP contribution in [-0.4, -0.2) is 45.8 Å². The zero-order valence-corrected chi connectivity index (χ0v) is 24.0. The Bertz CT molecular complexity index is 1220. The highest BCUT2D eigenvalue weighted by atomic mass is 35.5. The van der Waals surface area contributed by atoms with Crippen LogP contribution in [0.3, 0.4) is 0 Å². The summed E-state index contributed by atoms with van der Waals surface area (Å²) in [5.41, 5.74) is 2.34. The van der Waals surface area contributed by atoms with Crippen molar-refractivity contribution < 1.29 is 9.59 Å². The molecule has 0 radical (unpaired) electrons. The number of rotatable bonds is 11. The van der Waals surface area contributed by atoms with Gasteiger partial charge in [-0.1, -0.05) is 80.7 Å². The Morgan fingerprint density at radius 2 is 1.51 bits per heavy atom. The summed E-state index contributed by atoms with van der Waals surface area (Å²) < 4.78 is 2.10. The van der Waals surface area contributed by atoms with Crippen molar-refractivity contribution in [2.75, 3.05) is 19.6 Å². The second-order valence-electron chi connectivity index (χ2n) is 10.1. The van der Waals surface area contributed by atoms with Crippen molar-refractivity contribution in [1.29, 1.82) is 0 Å². The van der Waals surface area contributed by atoms with Gasteiger partial charge < -0.3 is 14.4 Å². The van der Waals surface area contributed by atoms with E-state index in [-0.39, 0.29) is 35.2 Å². The first-order chi connectivity index (χ1) is 17.5. The zero-order valence-electron chi connectivity index (χ0n) is 21.8. The third-order valence-electron chi connectivity index (χ3n) is 5.87. The third kappa shape index (κ3) is 8.26. The summed E-state index contributed by atoms with van der Waals surface area (Å²) in [5, 5.41) is 1.44. The van der Waals surface area contributed by atoms with Gasteiger partial charge in [0.15, 0.2) is 0 Å². The average Bonchev–Trinajstić information content (AvgIpc) is 3.25. The molecule has 3 rings (SSSR count). The standard InChI is InChI=1S/C29H34Cl3N3O2/c1-20(2)15-34(18-24-9-7-13-33(24)17-22-8-5-6-10-26(22)31)28(36)19-35(16-21(3)4)29(37)25-12-11-23(30)14-27(25)32/h5-14,20-21H,15-19H2,1-4H3. The summed E-state index contributed by atoms with van der Waals surface area (Å²) in [6.45, 7) is 10.2. The zero-order chi connectivity index (χ0) is 27.1. The number of halogens is 3. The van der Waals surface area contributed by atoms with Crippen molar-refractivity contribution in [3.8, 4) is 0 Å². The molecular weight excluding hydrogens is 529 g/mol. The lowest BCUT2D eigenvalue weighted by molar-refractivity contribution is -0.133. The van der Waals surface area contributed by atoms with Crippen LogP contribution in [0.15, 0.2) is 60.8 Å². The highest BCUT2D eigenvalue weighted by Gasteiger charge is 2.25. The molecule has 2 amide bonds. The number of carbonyl (C=O) groups is 2. The fraction of sp³-hybridized carbons (Fsp3) is 0.379. The number of amides is 2. The fourth-order valence-corrected chi connectivity index (χ4v) is 4.89. The lowest BCUT2D eigenvalue weighted by Gasteiger charge is -2.30. The molecule has 1 aromatic heterocycles. The molecule has 0 aliphatic carbocycles. The van der Waals surface area contributed by atoms with E-state index in [1.807, 2.05) is 61.3 Å². The highest BCUT2D eigenvalue weighted by molar-refractivity contribution is 6.36. The predicted molar refractivity (Wildman–Crippen MR) is 152 cm³/mol. The van der Waals surface area contributed by atoms with Crippen LogP contribution >= 0.6 is 34.8 Å². The molecule has 0 bridgehead atoms. The van der Waals surface area contributed by atoms with E-state index in [0.29, 0.717) is 41.8 Å². The normalized spacial score (nSPS) is 11.3. The molecule has 2 aromatic carbocycles. The van der Waals surface area contributed by atoms with E-state index in [1.54, 1.807) is 23.1 Å². The van der Waals surface area contributed by atoms with Crippen LogP contribution in [-0.2, 0) is 17.9 Å². The Morgan fingerprint density at radius 3 is 2.16 bits per heavy atom. The smallest absolute Gasteiger partial charge is 0.255 e. The number of nitrogens with zero attached hydrogens (tertiary/aromatic N) is 3. The minimum atomic E-state index is -0.282. The van der Waals surface area contributed by atoms with Crippen LogP contribution in [0.1, 0.15) is 49.3 Å². The van der Waals surface area contributed by atoms with Crippen molar-refractivity contribution in [3.05, 3.63) is 92.7 Å². The minimum absolute atomic E-state index is 0.0338. The fourth-order valence-electron chi connectivity index (χ4n) is 4.20. The van der Waals surface area contributed by atoms with Gasteiger partial charge in [0.05, 0.1) is 17.1 Å². The molecule has 0 atom stereocenters. The topological polar surface area (TPSA) is 45.6 Å². The molecule has 198 valence electrons. The van der Waals surface area contributed by atoms with Crippen LogP contribution in [0.5, 0.6) is 0 Å². The summed E-state index contributed by atoms with van der Waals surface area (Å²) in [6.07, 6.45) is 1.99. The molecule has 0 saturated carbocycles. The molecule has 0 unspecified atom stereocenters. The first-order valence-corrected chi connectivity index (χ1v) is 13.6. The quantitative estimate of drug-likeness (QED) is 0.246. The second-order valence-corrected chi connectivity index (χ2v) is 11.3. The molecule has 0 spiro atoms. The molecule has 0 N–H and O–H groups in total. The Morgan fingerprint density at radius 1 is 0.838 bits per heavy atom. The lowest BCUT2D eigenvalue weighted by Crippen LogP contribution is -2.45. The summed E-state index contributed by atoms with van der Waals surface area (Å²) in [4.78, 5) is 30.5. The van der Waals surface area contributed by atoms with Crippen LogP contribution in [0.2, 0.25) is 15.1 Å². The number of carbonyl (C=O) groups excluding carboxylic acids is 2. The van der Waals surface area contributed by atoms with Gasteiger partial charge in [-0.3, -0.25) is 9.59 Å². The Kier molecular flexibility index (Phi) is 10.5. The summed E-state index contributed by atoms with van der Waals surface area (Å²) in [6, 6.07) is 16.5. The Labute approximate surface area is 234 Å². The molecule has 37 heavy (non-hydrogen) atoms. The Balaban J connectivity index is 1.82. The predicted octanol–water partition coefficient (Wildman–Crippen LogP) is 7.28. The van der Waals surface area contributed by atoms with E-state index in [1.165, 1.54) is 0 Å². The number of aromatic nitrogens is 1. The molecule has 0 aliphatic heterocycles. The third-order valence-corrected chi connectivity index (χ3v) is 6.79. The molecule has 0 saturated heterocycles. The minimum Gasteiger partial charge on any atom is -0.345 e. The van der Waals surface area contributed by atoms with Crippen molar-refractivity contribution in [1.82, 2.24) is 14.4 Å². The van der Waals surface area contributed by atoms with Gasteiger partial charge >= 0.3 is 0 Å². The highest BCUT2D eigenvalue weighted by Crippen LogP contribution is 2.23. The first-order valence-electron chi connectivity index (χ1n) is 12.4. The van der Waals surface area contributed by atoms with Crippen molar-refractivity contribution in [2.24, 2.45) is 11.8 Å². The molecule has 1 heterocycles.